The van der Waals surface area contributed by atoms with E-state index in [1.54, 1.807) is 13.3 Å². The number of methoxy groups -OCH3 is 1. The van der Waals surface area contributed by atoms with Crippen molar-refractivity contribution in [1.29, 1.82) is 0 Å². The molecule has 0 bridgehead atoms. The molecule has 0 amide bonds. The summed E-state index contributed by atoms with van der Waals surface area (Å²) >= 11 is 0. The zero-order chi connectivity index (χ0) is 8.27. The largest absolute Gasteiger partial charge is 0.345 e. The first kappa shape index (κ1) is 8.01. The van der Waals surface area contributed by atoms with E-state index < -0.39 is 0 Å². The molecule has 0 radical (unpaired) electrons. The topological polar surface area (TPSA) is 18.0 Å². The Morgan fingerprint density at radius 1 is 1.82 bits per heavy atom. The Bertz CT molecular complexity index is 253. The summed E-state index contributed by atoms with van der Waals surface area (Å²) in [5.41, 5.74) is 0. The van der Waals surface area contributed by atoms with Gasteiger partial charge in [0.2, 0.25) is 0 Å². The Morgan fingerprint density at radius 2 is 2.55 bits per heavy atom. The minimum Gasteiger partial charge on any atom is -0.345 e. The van der Waals surface area contributed by atoms with Gasteiger partial charge >= 0.3 is 0 Å². The van der Waals surface area contributed by atoms with Crippen LogP contribution in [0.1, 0.15) is 5.82 Å². The van der Waals surface area contributed by atoms with Crippen LogP contribution in [-0.4, -0.2) is 11.7 Å². The van der Waals surface area contributed by atoms with Gasteiger partial charge in [0.15, 0.2) is 6.73 Å². The first-order valence-corrected chi connectivity index (χ1v) is 3.48. The van der Waals surface area contributed by atoms with Crippen LogP contribution in [0.15, 0.2) is 19.0 Å². The SMILES string of the molecule is C=Cn1cc[n+](COC)c1C. The third-order valence-electron chi connectivity index (χ3n) is 1.66. The van der Waals surface area contributed by atoms with Crippen LogP contribution in [0.25, 0.3) is 6.20 Å². The van der Waals surface area contributed by atoms with Crippen LogP contribution in [0.5, 0.6) is 0 Å². The van der Waals surface area contributed by atoms with Gasteiger partial charge in [-0.05, 0) is 0 Å². The summed E-state index contributed by atoms with van der Waals surface area (Å²) in [7, 11) is 1.68. The molecule has 0 saturated heterocycles. The third kappa shape index (κ3) is 1.49. The maximum Gasteiger partial charge on any atom is 0.259 e. The zero-order valence-corrected chi connectivity index (χ0v) is 6.95. The molecule has 60 valence electrons. The summed E-state index contributed by atoms with van der Waals surface area (Å²) < 4.78 is 8.93. The molecule has 0 aromatic carbocycles. The highest BCUT2D eigenvalue weighted by atomic mass is 16.5. The van der Waals surface area contributed by atoms with E-state index in [0.29, 0.717) is 6.73 Å². The van der Waals surface area contributed by atoms with Crippen molar-refractivity contribution in [2.75, 3.05) is 7.11 Å². The molecule has 0 spiro atoms. The van der Waals surface area contributed by atoms with Gasteiger partial charge in [0, 0.05) is 14.0 Å². The molecule has 0 atom stereocenters. The van der Waals surface area contributed by atoms with Gasteiger partial charge < -0.3 is 4.74 Å². The van der Waals surface area contributed by atoms with Crippen molar-refractivity contribution in [2.24, 2.45) is 0 Å². The Kier molecular flexibility index (Phi) is 2.44. The Balaban J connectivity index is 2.90. The summed E-state index contributed by atoms with van der Waals surface area (Å²) in [6.45, 7) is 6.28. The molecule has 3 nitrogen and oxygen atoms in total. The molecule has 0 aliphatic carbocycles. The molecule has 0 N–H and O–H groups in total. The predicted molar refractivity (Wildman–Crippen MR) is 42.8 cm³/mol. The molecule has 0 unspecified atom stereocenters. The van der Waals surface area contributed by atoms with Crippen molar-refractivity contribution in [1.82, 2.24) is 4.57 Å². The lowest BCUT2D eigenvalue weighted by Gasteiger charge is -1.94. The van der Waals surface area contributed by atoms with Gasteiger partial charge in [-0.25, -0.2) is 9.13 Å². The standard InChI is InChI=1S/C8H13N2O/c1-4-9-5-6-10(7-11-3)8(9)2/h4-6H,1,7H2,2-3H3/q+1. The summed E-state index contributed by atoms with van der Waals surface area (Å²) in [6.07, 6.45) is 5.67. The quantitative estimate of drug-likeness (QED) is 0.587. The monoisotopic (exact) mass is 153 g/mol. The molecule has 0 aliphatic rings. The molecular formula is C8H13N2O+. The molecule has 1 aromatic heterocycles. The second-order valence-electron chi connectivity index (χ2n) is 2.32. The van der Waals surface area contributed by atoms with Crippen molar-refractivity contribution in [3.8, 4) is 0 Å². The van der Waals surface area contributed by atoms with Crippen molar-refractivity contribution >= 4 is 6.20 Å². The highest BCUT2D eigenvalue weighted by Gasteiger charge is 2.07. The summed E-state index contributed by atoms with van der Waals surface area (Å²) in [6, 6.07) is 0. The second kappa shape index (κ2) is 3.34. The summed E-state index contributed by atoms with van der Waals surface area (Å²) in [4.78, 5) is 0. The Labute approximate surface area is 66.5 Å². The van der Waals surface area contributed by atoms with E-state index in [9.17, 15) is 0 Å². The molecule has 0 saturated carbocycles. The number of hydrogen-bond acceptors (Lipinski definition) is 1. The first-order valence-electron chi connectivity index (χ1n) is 3.48. The van der Waals surface area contributed by atoms with Crippen LogP contribution in [0.2, 0.25) is 0 Å². The van der Waals surface area contributed by atoms with Crippen molar-refractivity contribution in [2.45, 2.75) is 13.7 Å². The average molecular weight is 153 g/mol. The lowest BCUT2D eigenvalue weighted by molar-refractivity contribution is -0.735. The molecule has 3 heteroatoms. The lowest BCUT2D eigenvalue weighted by Crippen LogP contribution is -2.35. The highest BCUT2D eigenvalue weighted by Crippen LogP contribution is 1.92. The average Bonchev–Trinajstić information content (AvgIpc) is 2.34. The summed E-state index contributed by atoms with van der Waals surface area (Å²) in [5.74, 6) is 1.11. The van der Waals surface area contributed by atoms with Crippen LogP contribution < -0.4 is 4.57 Å². The zero-order valence-electron chi connectivity index (χ0n) is 6.95. The van der Waals surface area contributed by atoms with E-state index >= 15 is 0 Å². The van der Waals surface area contributed by atoms with Crippen LogP contribution >= 0.6 is 0 Å². The molecule has 11 heavy (non-hydrogen) atoms. The van der Waals surface area contributed by atoms with E-state index in [2.05, 4.69) is 6.58 Å². The Morgan fingerprint density at radius 3 is 3.00 bits per heavy atom. The minimum atomic E-state index is 0.590. The van der Waals surface area contributed by atoms with Crippen molar-refractivity contribution in [3.05, 3.63) is 24.8 Å². The van der Waals surface area contributed by atoms with Gasteiger partial charge in [-0.1, -0.05) is 6.58 Å². The fraction of sp³-hybridized carbons (Fsp3) is 0.375. The molecule has 1 rings (SSSR count). The molecule has 1 aromatic rings. The number of ether oxygens (including phenoxy) is 1. The van der Waals surface area contributed by atoms with E-state index in [1.165, 1.54) is 0 Å². The van der Waals surface area contributed by atoms with E-state index in [4.69, 9.17) is 4.74 Å². The maximum atomic E-state index is 4.98. The normalized spacial score (nSPS) is 10.0. The van der Waals surface area contributed by atoms with E-state index in [1.807, 2.05) is 28.5 Å². The Hall–Kier alpha value is -1.09. The number of nitrogens with zero attached hydrogens (tertiary/aromatic N) is 2. The van der Waals surface area contributed by atoms with Crippen molar-refractivity contribution < 1.29 is 9.30 Å². The van der Waals surface area contributed by atoms with Crippen LogP contribution in [0.3, 0.4) is 0 Å². The van der Waals surface area contributed by atoms with E-state index in [0.717, 1.165) is 5.82 Å². The second-order valence-corrected chi connectivity index (χ2v) is 2.32. The lowest BCUT2D eigenvalue weighted by atomic mass is 10.6. The molecule has 1 heterocycles. The number of imidazole rings is 1. The van der Waals surface area contributed by atoms with Crippen molar-refractivity contribution in [3.63, 3.8) is 0 Å². The highest BCUT2D eigenvalue weighted by molar-refractivity contribution is 5.16. The fourth-order valence-electron chi connectivity index (χ4n) is 0.985. The molecule has 0 fully saturated rings. The third-order valence-corrected chi connectivity index (χ3v) is 1.66. The minimum absolute atomic E-state index is 0.590. The molecule has 0 aliphatic heterocycles. The van der Waals surface area contributed by atoms with Crippen LogP contribution in [0, 0.1) is 6.92 Å². The predicted octanol–water partition coefficient (Wildman–Crippen LogP) is 0.788. The van der Waals surface area contributed by atoms with Gasteiger partial charge in [0.25, 0.3) is 5.82 Å². The smallest absolute Gasteiger partial charge is 0.259 e. The maximum absolute atomic E-state index is 4.98. The van der Waals surface area contributed by atoms with Gasteiger partial charge in [-0.15, -0.1) is 0 Å². The van der Waals surface area contributed by atoms with Gasteiger partial charge in [-0.3, -0.25) is 0 Å². The fourth-order valence-corrected chi connectivity index (χ4v) is 0.985. The van der Waals surface area contributed by atoms with Crippen LogP contribution in [0.4, 0.5) is 0 Å². The molecular weight excluding hydrogens is 140 g/mol. The van der Waals surface area contributed by atoms with Gasteiger partial charge in [0.05, 0.1) is 6.20 Å². The van der Waals surface area contributed by atoms with Crippen LogP contribution in [-0.2, 0) is 11.5 Å². The van der Waals surface area contributed by atoms with E-state index in [-0.39, 0.29) is 0 Å². The number of rotatable bonds is 3. The summed E-state index contributed by atoms with van der Waals surface area (Å²) in [5, 5.41) is 0. The number of hydrogen-bond donors (Lipinski definition) is 0. The van der Waals surface area contributed by atoms with Gasteiger partial charge in [0.1, 0.15) is 12.4 Å². The first-order chi connectivity index (χ1) is 5.29. The van der Waals surface area contributed by atoms with Gasteiger partial charge in [-0.2, -0.15) is 0 Å². The number of aromatic nitrogens is 2.